The standard InChI is InChI=1S/C41H57N5O5S/c1-5-30-26-41(30,39(50)45-52-31-16-17-31)44-37(48)33-15-10-23-46(33)38(49)35(27-12-7-6-8-13-27)42-21-11-20-40(2,3)19-9-14-29-24-32-28(25-34(29)51-4)18-22-43-36(32)47/h5,9,14,18,22,24-25,27,30-31,33,35,42H,1,6-8,10-13,15-17,19-21,23,26H2,2-4H3,(H,43,47)(H,44,48)(H,45,50)/b14-9+/t30-,33+,35+,41-/m1/s1. The van der Waals surface area contributed by atoms with E-state index in [0.717, 1.165) is 87.5 Å². The molecule has 3 amide bonds. The number of nitrogens with zero attached hydrogens (tertiary/aromatic N) is 1. The fourth-order valence-electron chi connectivity index (χ4n) is 8.13. The molecule has 4 atom stereocenters. The number of hydrogen-bond acceptors (Lipinski definition) is 7. The maximum Gasteiger partial charge on any atom is 0.256 e. The Balaban J connectivity index is 1.05. The zero-order valence-electron chi connectivity index (χ0n) is 31.1. The van der Waals surface area contributed by atoms with Gasteiger partial charge in [0.15, 0.2) is 0 Å². The number of benzene rings is 1. The molecule has 4 fully saturated rings. The Kier molecular flexibility index (Phi) is 12.2. The van der Waals surface area contributed by atoms with E-state index in [2.05, 4.69) is 46.8 Å². The van der Waals surface area contributed by atoms with Crippen LogP contribution in [0.1, 0.15) is 103 Å². The highest BCUT2D eigenvalue weighted by molar-refractivity contribution is 7.98. The zero-order valence-corrected chi connectivity index (χ0v) is 32.0. The third-order valence-electron chi connectivity index (χ3n) is 11.6. The fraction of sp³-hybridized carbons (Fsp3) is 0.610. The molecule has 1 aliphatic heterocycles. The summed E-state index contributed by atoms with van der Waals surface area (Å²) in [7, 11) is 1.64. The molecular weight excluding hydrogens is 675 g/mol. The van der Waals surface area contributed by atoms with Crippen LogP contribution < -0.4 is 25.7 Å². The smallest absolute Gasteiger partial charge is 0.256 e. The predicted octanol–water partition coefficient (Wildman–Crippen LogP) is 6.26. The summed E-state index contributed by atoms with van der Waals surface area (Å²) in [5.41, 5.74) is -0.196. The number of H-pyrrole nitrogens is 1. The van der Waals surface area contributed by atoms with Crippen LogP contribution in [0.25, 0.3) is 16.8 Å². The molecule has 6 rings (SSSR count). The van der Waals surface area contributed by atoms with E-state index in [4.69, 9.17) is 4.74 Å². The number of aromatic nitrogens is 1. The van der Waals surface area contributed by atoms with Crippen LogP contribution in [0.2, 0.25) is 0 Å². The summed E-state index contributed by atoms with van der Waals surface area (Å²) in [6.45, 7) is 9.68. The van der Waals surface area contributed by atoms with Crippen LogP contribution in [0.15, 0.2) is 47.9 Å². The molecule has 2 heterocycles. The number of hydrogen-bond donors (Lipinski definition) is 4. The average molecular weight is 732 g/mol. The summed E-state index contributed by atoms with van der Waals surface area (Å²) in [6.07, 6.45) is 19.9. The lowest BCUT2D eigenvalue weighted by atomic mass is 9.82. The van der Waals surface area contributed by atoms with E-state index in [1.165, 1.54) is 18.4 Å². The first-order chi connectivity index (χ1) is 25.0. The van der Waals surface area contributed by atoms with Gasteiger partial charge in [0.2, 0.25) is 11.8 Å². The Morgan fingerprint density at radius 2 is 1.92 bits per heavy atom. The van der Waals surface area contributed by atoms with E-state index >= 15 is 0 Å². The summed E-state index contributed by atoms with van der Waals surface area (Å²) in [5, 5.41) is 8.71. The van der Waals surface area contributed by atoms with E-state index in [0.29, 0.717) is 30.0 Å². The van der Waals surface area contributed by atoms with Crippen LogP contribution in [0.4, 0.5) is 0 Å². The van der Waals surface area contributed by atoms with Gasteiger partial charge in [0.1, 0.15) is 17.3 Å². The first-order valence-electron chi connectivity index (χ1n) is 19.4. The number of allylic oxidation sites excluding steroid dienone is 1. The van der Waals surface area contributed by atoms with E-state index in [9.17, 15) is 19.2 Å². The van der Waals surface area contributed by atoms with E-state index in [-0.39, 0.29) is 46.6 Å². The Bertz CT molecular complexity index is 1710. The number of fused-ring (bicyclic) bond motifs is 1. The van der Waals surface area contributed by atoms with Crippen molar-refractivity contribution in [2.45, 2.75) is 120 Å². The highest BCUT2D eigenvalue weighted by Crippen LogP contribution is 2.46. The SMILES string of the molecule is C=C[C@@H]1C[C@]1(NC(=O)[C@@H]1CCCN1C(=O)[C@@H](NCCCC(C)(C)C/C=C/c1cc2c(=O)[nH]ccc2cc1OC)C1CCCCC1)C(=O)NSC1CC1. The van der Waals surface area contributed by atoms with Gasteiger partial charge in [-0.15, -0.1) is 6.58 Å². The highest BCUT2D eigenvalue weighted by Gasteiger charge is 2.60. The number of methoxy groups -OCH3 is 1. The number of rotatable bonds is 17. The Morgan fingerprint density at radius 3 is 2.63 bits per heavy atom. The molecule has 0 spiro atoms. The molecule has 1 saturated heterocycles. The molecule has 52 heavy (non-hydrogen) atoms. The van der Waals surface area contributed by atoms with Crippen LogP contribution in [0, 0.1) is 17.3 Å². The van der Waals surface area contributed by atoms with Crippen molar-refractivity contribution in [3.05, 3.63) is 59.0 Å². The van der Waals surface area contributed by atoms with Gasteiger partial charge in [0, 0.05) is 34.9 Å². The Hall–Kier alpha value is -3.57. The highest BCUT2D eigenvalue weighted by atomic mass is 32.2. The number of nitrogens with one attached hydrogen (secondary N) is 4. The number of carbonyl (C=O) groups is 3. The largest absolute Gasteiger partial charge is 0.496 e. The predicted molar refractivity (Wildman–Crippen MR) is 209 cm³/mol. The van der Waals surface area contributed by atoms with Gasteiger partial charge in [0.25, 0.3) is 11.5 Å². The van der Waals surface area contributed by atoms with Crippen LogP contribution in [-0.2, 0) is 14.4 Å². The van der Waals surface area contributed by atoms with E-state index < -0.39 is 11.6 Å². The normalized spacial score (nSPS) is 24.2. The summed E-state index contributed by atoms with van der Waals surface area (Å²) in [5.74, 6) is 0.500. The van der Waals surface area contributed by atoms with Crippen molar-refractivity contribution in [1.82, 2.24) is 25.2 Å². The lowest BCUT2D eigenvalue weighted by Gasteiger charge is -2.35. The van der Waals surface area contributed by atoms with Gasteiger partial charge in [-0.2, -0.15) is 0 Å². The fourth-order valence-corrected chi connectivity index (χ4v) is 8.95. The number of carbonyl (C=O) groups excluding carboxylic acids is 3. The molecule has 1 aromatic heterocycles. The first-order valence-corrected chi connectivity index (χ1v) is 20.2. The van der Waals surface area contributed by atoms with Crippen LogP contribution >= 0.6 is 11.9 Å². The molecule has 1 aromatic carbocycles. The number of ether oxygens (including phenoxy) is 1. The van der Waals surface area contributed by atoms with Crippen molar-refractivity contribution in [3.63, 3.8) is 0 Å². The van der Waals surface area contributed by atoms with Crippen molar-refractivity contribution in [2.24, 2.45) is 17.3 Å². The van der Waals surface area contributed by atoms with Gasteiger partial charge in [0.05, 0.1) is 13.2 Å². The third-order valence-corrected chi connectivity index (χ3v) is 12.7. The van der Waals surface area contributed by atoms with Gasteiger partial charge >= 0.3 is 0 Å². The molecular formula is C41H57N5O5S. The van der Waals surface area contributed by atoms with Gasteiger partial charge in [-0.3, -0.25) is 23.9 Å². The molecule has 4 aliphatic rings. The quantitative estimate of drug-likeness (QED) is 0.0858. The van der Waals surface area contributed by atoms with Crippen molar-refractivity contribution >= 4 is 46.5 Å². The molecule has 4 N–H and O–H groups in total. The maximum absolute atomic E-state index is 14.3. The zero-order chi connectivity index (χ0) is 36.9. The summed E-state index contributed by atoms with van der Waals surface area (Å²) >= 11 is 1.45. The summed E-state index contributed by atoms with van der Waals surface area (Å²) in [6, 6.07) is 4.76. The van der Waals surface area contributed by atoms with Crippen molar-refractivity contribution < 1.29 is 19.1 Å². The molecule has 0 radical (unpaired) electrons. The summed E-state index contributed by atoms with van der Waals surface area (Å²) < 4.78 is 8.60. The number of amides is 3. The molecule has 3 aliphatic carbocycles. The second-order valence-corrected chi connectivity index (χ2v) is 17.2. The number of pyridine rings is 1. The minimum atomic E-state index is -0.970. The Morgan fingerprint density at radius 1 is 1.13 bits per heavy atom. The lowest BCUT2D eigenvalue weighted by molar-refractivity contribution is -0.142. The van der Waals surface area contributed by atoms with Crippen LogP contribution in [0.5, 0.6) is 5.75 Å². The Labute approximate surface area is 312 Å². The van der Waals surface area contributed by atoms with Gasteiger partial charge in [-0.05, 0) is 118 Å². The van der Waals surface area contributed by atoms with Gasteiger partial charge < -0.3 is 25.3 Å². The van der Waals surface area contributed by atoms with E-state index in [1.54, 1.807) is 24.3 Å². The van der Waals surface area contributed by atoms with Crippen LogP contribution in [-0.4, -0.2) is 70.7 Å². The lowest BCUT2D eigenvalue weighted by Crippen LogP contribution is -2.58. The van der Waals surface area contributed by atoms with Crippen LogP contribution in [0.3, 0.4) is 0 Å². The second-order valence-electron chi connectivity index (χ2n) is 16.1. The monoisotopic (exact) mass is 731 g/mol. The van der Waals surface area contributed by atoms with E-state index in [1.807, 2.05) is 24.3 Å². The molecule has 0 unspecified atom stereocenters. The van der Waals surface area contributed by atoms with Crippen molar-refractivity contribution in [3.8, 4) is 5.75 Å². The van der Waals surface area contributed by atoms with Gasteiger partial charge in [-0.1, -0.05) is 51.3 Å². The number of likely N-dealkylation sites (tertiary alicyclic amines) is 1. The topological polar surface area (TPSA) is 133 Å². The first kappa shape index (κ1) is 38.2. The van der Waals surface area contributed by atoms with Crippen molar-refractivity contribution in [2.75, 3.05) is 20.2 Å². The van der Waals surface area contributed by atoms with Gasteiger partial charge in [-0.25, -0.2) is 0 Å². The minimum Gasteiger partial charge on any atom is -0.496 e. The third kappa shape index (κ3) is 8.96. The minimum absolute atomic E-state index is 0.0216. The molecule has 3 saturated carbocycles. The average Bonchev–Trinajstić information content (AvgIpc) is 4.05. The maximum atomic E-state index is 14.3. The molecule has 0 bridgehead atoms. The molecule has 11 heteroatoms. The molecule has 10 nitrogen and oxygen atoms in total. The molecule has 2 aromatic rings. The van der Waals surface area contributed by atoms with Crippen molar-refractivity contribution in [1.29, 1.82) is 0 Å². The summed E-state index contributed by atoms with van der Waals surface area (Å²) in [4.78, 5) is 58.3. The second kappa shape index (κ2) is 16.6. The molecule has 282 valence electrons. The number of aromatic amines is 1.